The summed E-state index contributed by atoms with van der Waals surface area (Å²) in [4.78, 5) is 18.5. The Morgan fingerprint density at radius 1 is 1.38 bits per heavy atom. The number of nitrogens with zero attached hydrogens (tertiary/aromatic N) is 1. The van der Waals surface area contributed by atoms with E-state index in [0.717, 1.165) is 22.4 Å². The van der Waals surface area contributed by atoms with Gasteiger partial charge in [-0.15, -0.1) is 0 Å². The van der Waals surface area contributed by atoms with E-state index in [-0.39, 0.29) is 5.96 Å². The number of rotatable bonds is 5. The predicted molar refractivity (Wildman–Crippen MR) is 84.2 cm³/mol. The normalized spacial score (nSPS) is 10.5. The zero-order valence-electron chi connectivity index (χ0n) is 13.1. The van der Waals surface area contributed by atoms with Crippen molar-refractivity contribution in [1.82, 2.24) is 5.48 Å². The summed E-state index contributed by atoms with van der Waals surface area (Å²) in [6, 6.07) is 5.06. The summed E-state index contributed by atoms with van der Waals surface area (Å²) in [6.07, 6.45) is 0.837. The van der Waals surface area contributed by atoms with E-state index in [1.165, 1.54) is 0 Å². The zero-order chi connectivity index (χ0) is 16.0. The van der Waals surface area contributed by atoms with Crippen molar-refractivity contribution in [3.05, 3.63) is 29.3 Å². The number of urea groups is 1. The number of amides is 2. The molecule has 0 aliphatic heterocycles. The minimum atomic E-state index is -0.566. The first-order valence-corrected chi connectivity index (χ1v) is 6.96. The van der Waals surface area contributed by atoms with Crippen LogP contribution in [-0.4, -0.2) is 18.6 Å². The highest BCUT2D eigenvalue weighted by molar-refractivity contribution is 6.14. The lowest BCUT2D eigenvalue weighted by Gasteiger charge is -2.24. The van der Waals surface area contributed by atoms with Crippen LogP contribution in [0.3, 0.4) is 0 Å². The van der Waals surface area contributed by atoms with Crippen LogP contribution in [0.4, 0.5) is 10.5 Å². The first kappa shape index (κ1) is 17.0. The summed E-state index contributed by atoms with van der Waals surface area (Å²) in [7, 11) is 0. The van der Waals surface area contributed by atoms with Crippen LogP contribution in [0.5, 0.6) is 0 Å². The van der Waals surface area contributed by atoms with Crippen molar-refractivity contribution >= 4 is 17.7 Å². The van der Waals surface area contributed by atoms with Crippen molar-refractivity contribution < 1.29 is 9.63 Å². The van der Waals surface area contributed by atoms with Gasteiger partial charge in [-0.1, -0.05) is 32.0 Å². The van der Waals surface area contributed by atoms with E-state index in [2.05, 4.69) is 19.3 Å². The van der Waals surface area contributed by atoms with Crippen LogP contribution in [0, 0.1) is 25.2 Å². The Morgan fingerprint density at radius 2 is 1.95 bits per heavy atom. The highest BCUT2D eigenvalue weighted by atomic mass is 16.7. The molecule has 0 bridgehead atoms. The summed E-state index contributed by atoms with van der Waals surface area (Å²) >= 11 is 0. The Hall–Kier alpha value is -2.08. The molecule has 0 aliphatic rings. The summed E-state index contributed by atoms with van der Waals surface area (Å²) in [5, 5.41) is 7.65. The lowest BCUT2D eigenvalue weighted by Crippen LogP contribution is -2.48. The summed E-state index contributed by atoms with van der Waals surface area (Å²) in [6.45, 7) is 8.30. The number of carbonyl (C=O) groups excluding carboxylic acids is 1. The monoisotopic (exact) mass is 292 g/mol. The maximum absolute atomic E-state index is 12.2. The third-order valence-corrected chi connectivity index (χ3v) is 3.06. The fourth-order valence-electron chi connectivity index (χ4n) is 1.94. The molecule has 0 saturated carbocycles. The van der Waals surface area contributed by atoms with Crippen molar-refractivity contribution in [3.63, 3.8) is 0 Å². The molecule has 0 aliphatic carbocycles. The van der Waals surface area contributed by atoms with Crippen molar-refractivity contribution in [2.24, 2.45) is 11.7 Å². The molecule has 1 rings (SSSR count). The number of benzene rings is 1. The van der Waals surface area contributed by atoms with Gasteiger partial charge in [0.15, 0.2) is 0 Å². The number of nitrogens with one attached hydrogen (secondary N) is 2. The van der Waals surface area contributed by atoms with Gasteiger partial charge in [0, 0.05) is 0 Å². The lowest BCUT2D eigenvalue weighted by molar-refractivity contribution is 0.0576. The minimum absolute atomic E-state index is 0.350. The lowest BCUT2D eigenvalue weighted by atomic mass is 10.1. The maximum Gasteiger partial charge on any atom is 0.352 e. The molecule has 1 aromatic rings. The molecule has 21 heavy (non-hydrogen) atoms. The van der Waals surface area contributed by atoms with Crippen LogP contribution in [0.25, 0.3) is 0 Å². The topological polar surface area (TPSA) is 91.4 Å². The number of guanidine groups is 1. The van der Waals surface area contributed by atoms with E-state index in [1.54, 1.807) is 0 Å². The summed E-state index contributed by atoms with van der Waals surface area (Å²) < 4.78 is 0. The van der Waals surface area contributed by atoms with Gasteiger partial charge in [-0.3, -0.25) is 10.2 Å². The van der Waals surface area contributed by atoms with Crippen LogP contribution in [0.15, 0.2) is 18.2 Å². The van der Waals surface area contributed by atoms with Gasteiger partial charge in [0.1, 0.15) is 0 Å². The molecule has 0 atom stereocenters. The molecular weight excluding hydrogens is 268 g/mol. The molecule has 0 heterocycles. The Kier molecular flexibility index (Phi) is 6.17. The van der Waals surface area contributed by atoms with E-state index in [0.29, 0.717) is 18.2 Å². The van der Waals surface area contributed by atoms with Crippen LogP contribution >= 0.6 is 0 Å². The van der Waals surface area contributed by atoms with Crippen molar-refractivity contribution in [2.75, 3.05) is 11.5 Å². The summed E-state index contributed by atoms with van der Waals surface area (Å²) in [5.74, 6) is 0.141. The smallest absolute Gasteiger partial charge is 0.352 e. The van der Waals surface area contributed by atoms with E-state index in [4.69, 9.17) is 16.0 Å². The number of nitrogens with two attached hydrogens (primary N) is 1. The van der Waals surface area contributed by atoms with Crippen LogP contribution in [0.1, 0.15) is 31.4 Å². The molecule has 6 heteroatoms. The largest absolute Gasteiger partial charge is 0.369 e. The van der Waals surface area contributed by atoms with Gasteiger partial charge >= 0.3 is 6.03 Å². The van der Waals surface area contributed by atoms with Crippen molar-refractivity contribution in [2.45, 2.75) is 34.1 Å². The second-order valence-corrected chi connectivity index (χ2v) is 5.40. The van der Waals surface area contributed by atoms with Gasteiger partial charge in [0.2, 0.25) is 5.96 Å². The standard InChI is InChI=1S/C15H24N4O2/c1-10(2)8-9-21-18-15(20)19(14(16)17)13-11(3)6-5-7-12(13)4/h5-7,10H,8-9H2,1-4H3,(H3,16,17)(H,18,20). The van der Waals surface area contributed by atoms with Crippen molar-refractivity contribution in [3.8, 4) is 0 Å². The number of aryl methyl sites for hydroxylation is 2. The zero-order valence-corrected chi connectivity index (χ0v) is 13.1. The second kappa shape index (κ2) is 7.64. The Labute approximate surface area is 125 Å². The molecule has 0 saturated heterocycles. The molecule has 0 aromatic heterocycles. The molecule has 4 N–H and O–H groups in total. The van der Waals surface area contributed by atoms with E-state index >= 15 is 0 Å². The van der Waals surface area contributed by atoms with Crippen LogP contribution in [-0.2, 0) is 4.84 Å². The van der Waals surface area contributed by atoms with Gasteiger partial charge < -0.3 is 5.73 Å². The molecule has 0 radical (unpaired) electrons. The molecule has 1 aromatic carbocycles. The van der Waals surface area contributed by atoms with Gasteiger partial charge in [0.25, 0.3) is 0 Å². The Balaban J connectivity index is 2.83. The number of hydroxylamine groups is 1. The number of anilines is 1. The quantitative estimate of drug-likeness (QED) is 0.337. The number of carbonyl (C=O) groups is 1. The Morgan fingerprint density at radius 3 is 2.43 bits per heavy atom. The average Bonchev–Trinajstić information content (AvgIpc) is 2.38. The van der Waals surface area contributed by atoms with E-state index < -0.39 is 6.03 Å². The first-order valence-electron chi connectivity index (χ1n) is 6.96. The van der Waals surface area contributed by atoms with Crippen molar-refractivity contribution in [1.29, 1.82) is 5.41 Å². The van der Waals surface area contributed by atoms with Gasteiger partial charge in [-0.2, -0.15) is 0 Å². The molecule has 0 spiro atoms. The third kappa shape index (κ3) is 4.75. The molecular formula is C15H24N4O2. The molecule has 116 valence electrons. The fourth-order valence-corrected chi connectivity index (χ4v) is 1.94. The number of para-hydroxylation sites is 1. The van der Waals surface area contributed by atoms with E-state index in [9.17, 15) is 4.79 Å². The fraction of sp³-hybridized carbons (Fsp3) is 0.467. The first-order chi connectivity index (χ1) is 9.84. The Bertz CT molecular complexity index is 494. The molecule has 2 amide bonds. The predicted octanol–water partition coefficient (Wildman–Crippen LogP) is 2.69. The molecule has 0 fully saturated rings. The third-order valence-electron chi connectivity index (χ3n) is 3.06. The van der Waals surface area contributed by atoms with Gasteiger partial charge in [-0.05, 0) is 37.3 Å². The molecule has 0 unspecified atom stereocenters. The minimum Gasteiger partial charge on any atom is -0.369 e. The SMILES string of the molecule is Cc1cccc(C)c1N(C(=N)N)C(=O)NOCCC(C)C. The van der Waals surface area contributed by atoms with E-state index in [1.807, 2.05) is 32.0 Å². The van der Waals surface area contributed by atoms with Crippen LogP contribution in [0.2, 0.25) is 0 Å². The second-order valence-electron chi connectivity index (χ2n) is 5.40. The number of hydrogen-bond donors (Lipinski definition) is 3. The van der Waals surface area contributed by atoms with Gasteiger partial charge in [0.05, 0.1) is 12.3 Å². The number of hydrogen-bond acceptors (Lipinski definition) is 3. The highest BCUT2D eigenvalue weighted by Gasteiger charge is 2.22. The molecule has 6 nitrogen and oxygen atoms in total. The van der Waals surface area contributed by atoms with Gasteiger partial charge in [-0.25, -0.2) is 15.2 Å². The summed E-state index contributed by atoms with van der Waals surface area (Å²) in [5.41, 5.74) is 10.2. The highest BCUT2D eigenvalue weighted by Crippen LogP contribution is 2.24. The maximum atomic E-state index is 12.2. The average molecular weight is 292 g/mol. The van der Waals surface area contributed by atoms with Crippen LogP contribution < -0.4 is 16.1 Å².